The number of ether oxygens (including phenoxy) is 3. The number of hydrogen-bond acceptors (Lipinski definition) is 3. The fourth-order valence-electron chi connectivity index (χ4n) is 1.99. The molecular weight excluding hydrogens is 204 g/mol. The lowest BCUT2D eigenvalue weighted by atomic mass is 10.0. The number of fused-ring (bicyclic) bond motifs is 1. The van der Waals surface area contributed by atoms with Gasteiger partial charge in [-0.2, -0.15) is 0 Å². The van der Waals surface area contributed by atoms with Crippen molar-refractivity contribution < 1.29 is 14.2 Å². The van der Waals surface area contributed by atoms with Gasteiger partial charge in [-0.1, -0.05) is 18.2 Å². The van der Waals surface area contributed by atoms with Crippen LogP contribution in [0.25, 0.3) is 0 Å². The van der Waals surface area contributed by atoms with E-state index in [2.05, 4.69) is 6.07 Å². The topological polar surface area (TPSA) is 27.7 Å². The molecule has 0 spiro atoms. The third-order valence-corrected chi connectivity index (χ3v) is 2.65. The predicted molar refractivity (Wildman–Crippen MR) is 61.5 cm³/mol. The fourth-order valence-corrected chi connectivity index (χ4v) is 1.99. The van der Waals surface area contributed by atoms with Crippen molar-refractivity contribution in [3.05, 3.63) is 29.8 Å². The van der Waals surface area contributed by atoms with E-state index in [1.807, 2.05) is 32.0 Å². The molecule has 1 aliphatic rings. The highest BCUT2D eigenvalue weighted by atomic mass is 16.7. The maximum Gasteiger partial charge on any atom is 0.202 e. The Morgan fingerprint density at radius 2 is 1.94 bits per heavy atom. The Kier molecular flexibility index (Phi) is 3.80. The van der Waals surface area contributed by atoms with Crippen molar-refractivity contribution in [3.63, 3.8) is 0 Å². The van der Waals surface area contributed by atoms with Gasteiger partial charge in [0.25, 0.3) is 0 Å². The van der Waals surface area contributed by atoms with E-state index in [1.165, 1.54) is 0 Å². The van der Waals surface area contributed by atoms with E-state index in [1.54, 1.807) is 0 Å². The first-order valence-electron chi connectivity index (χ1n) is 5.84. The summed E-state index contributed by atoms with van der Waals surface area (Å²) in [5.74, 6) is 0.880. The van der Waals surface area contributed by atoms with Gasteiger partial charge in [0.1, 0.15) is 5.75 Å². The maximum atomic E-state index is 5.75. The zero-order valence-corrected chi connectivity index (χ0v) is 9.81. The fraction of sp³-hybridized carbons (Fsp3) is 0.538. The summed E-state index contributed by atoms with van der Waals surface area (Å²) in [5, 5.41) is 0. The molecule has 16 heavy (non-hydrogen) atoms. The Morgan fingerprint density at radius 3 is 2.69 bits per heavy atom. The largest absolute Gasteiger partial charge is 0.464 e. The summed E-state index contributed by atoms with van der Waals surface area (Å²) in [6.45, 7) is 5.34. The quantitative estimate of drug-likeness (QED) is 0.784. The minimum absolute atomic E-state index is 0.0894. The van der Waals surface area contributed by atoms with Crippen LogP contribution in [0.5, 0.6) is 5.75 Å². The minimum atomic E-state index is -0.184. The predicted octanol–water partition coefficient (Wildman–Crippen LogP) is 2.91. The second-order valence-corrected chi connectivity index (χ2v) is 3.72. The Bertz CT molecular complexity index is 338. The lowest BCUT2D eigenvalue weighted by Crippen LogP contribution is -2.29. The summed E-state index contributed by atoms with van der Waals surface area (Å²) in [5.41, 5.74) is 1.13. The maximum absolute atomic E-state index is 5.75. The van der Waals surface area contributed by atoms with Crippen molar-refractivity contribution in [1.82, 2.24) is 0 Å². The van der Waals surface area contributed by atoms with Gasteiger partial charge in [0.2, 0.25) is 6.29 Å². The van der Waals surface area contributed by atoms with Crippen molar-refractivity contribution in [1.29, 1.82) is 0 Å². The van der Waals surface area contributed by atoms with Crippen LogP contribution in [0.15, 0.2) is 24.3 Å². The molecule has 0 bridgehead atoms. The average molecular weight is 222 g/mol. The van der Waals surface area contributed by atoms with Crippen molar-refractivity contribution in [2.24, 2.45) is 0 Å². The molecule has 0 saturated carbocycles. The van der Waals surface area contributed by atoms with Crippen LogP contribution in [0, 0.1) is 0 Å². The zero-order chi connectivity index (χ0) is 11.4. The Morgan fingerprint density at radius 1 is 1.19 bits per heavy atom. The molecular formula is C13H18O3. The molecule has 1 aromatic carbocycles. The molecule has 0 aliphatic carbocycles. The molecule has 3 heteroatoms. The number of hydrogen-bond donors (Lipinski definition) is 0. The summed E-state index contributed by atoms with van der Waals surface area (Å²) in [6, 6.07) is 8.00. The first kappa shape index (κ1) is 11.4. The zero-order valence-electron chi connectivity index (χ0n) is 9.81. The molecule has 0 saturated heterocycles. The molecule has 3 nitrogen and oxygen atoms in total. The molecule has 2 rings (SSSR count). The standard InChI is InChI=1S/C13H18O3/c1-3-14-12-9-13(15-4-2)16-11-8-6-5-7-10(11)12/h5-8,12-13H,3-4,9H2,1-2H3. The van der Waals surface area contributed by atoms with Crippen LogP contribution in [0.2, 0.25) is 0 Å². The van der Waals surface area contributed by atoms with Crippen molar-refractivity contribution >= 4 is 0 Å². The molecule has 1 aromatic rings. The second kappa shape index (κ2) is 5.32. The molecule has 0 fully saturated rings. The van der Waals surface area contributed by atoms with Gasteiger partial charge >= 0.3 is 0 Å². The summed E-state index contributed by atoms with van der Waals surface area (Å²) in [7, 11) is 0. The number of rotatable bonds is 4. The molecule has 1 aliphatic heterocycles. The lowest BCUT2D eigenvalue weighted by molar-refractivity contribution is -0.121. The minimum Gasteiger partial charge on any atom is -0.464 e. The van der Waals surface area contributed by atoms with E-state index in [0.717, 1.165) is 17.7 Å². The highest BCUT2D eigenvalue weighted by Crippen LogP contribution is 2.36. The summed E-state index contributed by atoms with van der Waals surface area (Å²) >= 11 is 0. The number of para-hydroxylation sites is 1. The third kappa shape index (κ3) is 2.36. The average Bonchev–Trinajstić information content (AvgIpc) is 2.30. The molecule has 0 radical (unpaired) electrons. The van der Waals surface area contributed by atoms with Crippen LogP contribution in [0.3, 0.4) is 0 Å². The Labute approximate surface area is 96.3 Å². The van der Waals surface area contributed by atoms with Gasteiger partial charge in [-0.3, -0.25) is 0 Å². The van der Waals surface area contributed by atoms with E-state index in [9.17, 15) is 0 Å². The van der Waals surface area contributed by atoms with Crippen LogP contribution < -0.4 is 4.74 Å². The van der Waals surface area contributed by atoms with Crippen LogP contribution in [-0.2, 0) is 9.47 Å². The molecule has 2 atom stereocenters. The molecule has 0 aromatic heterocycles. The van der Waals surface area contributed by atoms with Crippen molar-refractivity contribution in [2.45, 2.75) is 32.7 Å². The van der Waals surface area contributed by atoms with Gasteiger partial charge in [0.15, 0.2) is 0 Å². The van der Waals surface area contributed by atoms with Gasteiger partial charge in [0, 0.05) is 25.2 Å². The van der Waals surface area contributed by atoms with E-state index in [-0.39, 0.29) is 12.4 Å². The molecule has 0 amide bonds. The highest BCUT2D eigenvalue weighted by Gasteiger charge is 2.28. The highest BCUT2D eigenvalue weighted by molar-refractivity contribution is 5.36. The Hall–Kier alpha value is -1.06. The normalized spacial score (nSPS) is 23.6. The van der Waals surface area contributed by atoms with E-state index < -0.39 is 0 Å². The summed E-state index contributed by atoms with van der Waals surface area (Å²) < 4.78 is 17.0. The molecule has 2 unspecified atom stereocenters. The number of benzene rings is 1. The van der Waals surface area contributed by atoms with Crippen LogP contribution >= 0.6 is 0 Å². The second-order valence-electron chi connectivity index (χ2n) is 3.72. The molecule has 88 valence electrons. The van der Waals surface area contributed by atoms with E-state index >= 15 is 0 Å². The monoisotopic (exact) mass is 222 g/mol. The van der Waals surface area contributed by atoms with Crippen LogP contribution in [-0.4, -0.2) is 19.5 Å². The lowest BCUT2D eigenvalue weighted by Gasteiger charge is -2.31. The Balaban J connectivity index is 2.19. The van der Waals surface area contributed by atoms with Gasteiger partial charge in [-0.05, 0) is 19.9 Å². The smallest absolute Gasteiger partial charge is 0.202 e. The van der Waals surface area contributed by atoms with Crippen LogP contribution in [0.1, 0.15) is 31.9 Å². The van der Waals surface area contributed by atoms with Crippen molar-refractivity contribution in [3.8, 4) is 5.75 Å². The summed E-state index contributed by atoms with van der Waals surface area (Å²) in [4.78, 5) is 0. The molecule has 0 N–H and O–H groups in total. The molecule has 1 heterocycles. The van der Waals surface area contributed by atoms with E-state index in [0.29, 0.717) is 13.2 Å². The van der Waals surface area contributed by atoms with E-state index in [4.69, 9.17) is 14.2 Å². The summed E-state index contributed by atoms with van der Waals surface area (Å²) in [6.07, 6.45) is 0.668. The van der Waals surface area contributed by atoms with Gasteiger partial charge < -0.3 is 14.2 Å². The van der Waals surface area contributed by atoms with Gasteiger partial charge in [-0.25, -0.2) is 0 Å². The third-order valence-electron chi connectivity index (χ3n) is 2.65. The van der Waals surface area contributed by atoms with Crippen molar-refractivity contribution in [2.75, 3.05) is 13.2 Å². The van der Waals surface area contributed by atoms with Gasteiger partial charge in [0.05, 0.1) is 6.10 Å². The first-order chi connectivity index (χ1) is 7.85. The SMILES string of the molecule is CCOC1CC(OCC)c2ccccc2O1. The van der Waals surface area contributed by atoms with Gasteiger partial charge in [-0.15, -0.1) is 0 Å². The first-order valence-corrected chi connectivity index (χ1v) is 5.84. The van der Waals surface area contributed by atoms with Crippen LogP contribution in [0.4, 0.5) is 0 Å².